The topological polar surface area (TPSA) is 138 Å². The number of carboxylic acid groups (broad SMARTS) is 2. The molecular weight excluding hydrogens is 1010 g/mol. The summed E-state index contributed by atoms with van der Waals surface area (Å²) in [5.41, 5.74) is 9.31. The minimum absolute atomic E-state index is 0. The van der Waals surface area contributed by atoms with Gasteiger partial charge in [0.1, 0.15) is 48.9 Å². The number of benzene rings is 6. The Morgan fingerprint density at radius 1 is 0.500 bits per heavy atom. The first-order chi connectivity index (χ1) is 34.9. The van der Waals surface area contributed by atoms with E-state index in [4.69, 9.17) is 33.3 Å². The van der Waals surface area contributed by atoms with E-state index in [0.29, 0.717) is 45.2 Å². The van der Waals surface area contributed by atoms with Crippen molar-refractivity contribution in [1.82, 2.24) is 9.15 Å². The summed E-state index contributed by atoms with van der Waals surface area (Å²) in [6, 6.07) is 34.5. The molecule has 0 saturated carbocycles. The third-order valence-electron chi connectivity index (χ3n) is 13.2. The summed E-state index contributed by atoms with van der Waals surface area (Å²) < 4.78 is 17.5. The monoisotopic (exact) mass is 1070 g/mol. The fourth-order valence-corrected chi connectivity index (χ4v) is 9.77. The summed E-state index contributed by atoms with van der Waals surface area (Å²) in [7, 11) is 0. The van der Waals surface area contributed by atoms with Gasteiger partial charge in [-0.1, -0.05) is 6.07 Å². The SMILES string of the molecule is CCN(CC)c1ccc2c(-c3cc(N=C=S)ccc3C(=O)O)c3ccc(=[N+](CC)CC)cc-3oc2c1.CCN(CC)c1ccc2c(-c3ccc(N=C=S)cc3C(=O)O)c3ccc(=[N+](CC)CC)cc-3oc2c1.[Cl-].[Cl-]. The highest BCUT2D eigenvalue weighted by molar-refractivity contribution is 7.78. The van der Waals surface area contributed by atoms with E-state index in [2.05, 4.69) is 119 Å². The van der Waals surface area contributed by atoms with Gasteiger partial charge in [0.25, 0.3) is 0 Å². The molecule has 8 rings (SSSR count). The second kappa shape index (κ2) is 26.3. The standard InChI is InChI=1S/2C29H29N3O3S.2ClH/c1-5-31(6-2)20-10-13-23-26(16-20)35-27-17-21(32(7-3)8-4)11-14-24(27)28(23)25-15-19(30-18-36)9-12-22(25)29(33)34;1-5-31(6-2)20-10-13-23-26(16-20)35-27-17-21(32(7-3)8-4)11-14-24(27)28(23)22-12-9-19(30-18-36)15-25(22)29(33)34;;/h2*9-17H,5-8H2,1-4H3;2*1H. The highest BCUT2D eigenvalue weighted by Crippen LogP contribution is 2.45. The number of halogens is 2. The van der Waals surface area contributed by atoms with E-state index in [-0.39, 0.29) is 35.9 Å². The smallest absolute Gasteiger partial charge is 0.336 e. The maximum Gasteiger partial charge on any atom is 0.336 e. The van der Waals surface area contributed by atoms with Crippen LogP contribution in [-0.4, -0.2) is 84.8 Å². The molecule has 0 bridgehead atoms. The average molecular weight is 1070 g/mol. The van der Waals surface area contributed by atoms with Gasteiger partial charge in [-0.25, -0.2) is 18.7 Å². The number of rotatable bonds is 16. The average Bonchev–Trinajstić information content (AvgIpc) is 3.39. The van der Waals surface area contributed by atoms with E-state index in [1.807, 2.05) is 48.5 Å². The van der Waals surface area contributed by atoms with Gasteiger partial charge in [0.05, 0.1) is 45.0 Å². The highest BCUT2D eigenvalue weighted by atomic mass is 35.5. The van der Waals surface area contributed by atoms with Crippen LogP contribution in [0.3, 0.4) is 0 Å². The molecule has 16 heteroatoms. The molecule has 384 valence electrons. The number of hydrogen-bond acceptors (Lipinski definition) is 10. The number of carboxylic acids is 2. The molecule has 0 unspecified atom stereocenters. The Morgan fingerprint density at radius 2 is 0.905 bits per heavy atom. The van der Waals surface area contributed by atoms with Crippen LogP contribution in [0.2, 0.25) is 0 Å². The molecule has 4 aliphatic rings. The number of anilines is 2. The summed E-state index contributed by atoms with van der Waals surface area (Å²) in [5, 5.41) is 28.6. The van der Waals surface area contributed by atoms with Crippen LogP contribution in [0.25, 0.3) is 66.8 Å². The number of carbonyl (C=O) groups is 2. The maximum absolute atomic E-state index is 12.3. The third kappa shape index (κ3) is 12.0. The van der Waals surface area contributed by atoms with Gasteiger partial charge in [-0.15, -0.1) is 0 Å². The lowest BCUT2D eigenvalue weighted by Crippen LogP contribution is -3.00. The first kappa shape index (κ1) is 57.9. The Bertz CT molecular complexity index is 3520. The van der Waals surface area contributed by atoms with Crippen molar-refractivity contribution in [2.45, 2.75) is 55.4 Å². The Hall–Kier alpha value is -7.02. The number of hydrogen-bond donors (Lipinski definition) is 2. The van der Waals surface area contributed by atoms with E-state index in [1.54, 1.807) is 30.3 Å². The number of aromatic carboxylic acids is 2. The number of aliphatic imine (C=N–C) groups is 2. The first-order valence-electron chi connectivity index (χ1n) is 24.5. The predicted octanol–water partition coefficient (Wildman–Crippen LogP) is 6.60. The summed E-state index contributed by atoms with van der Waals surface area (Å²) in [4.78, 5) is 37.2. The van der Waals surface area contributed by atoms with Crippen LogP contribution in [0.1, 0.15) is 76.1 Å². The lowest BCUT2D eigenvalue weighted by atomic mass is 9.90. The second-order valence-corrected chi connectivity index (χ2v) is 17.2. The van der Waals surface area contributed by atoms with E-state index in [1.165, 1.54) is 6.07 Å². The lowest BCUT2D eigenvalue weighted by Gasteiger charge is -2.22. The normalized spacial score (nSPS) is 10.6. The minimum atomic E-state index is -1.03. The minimum Gasteiger partial charge on any atom is -1.00 e. The molecule has 0 saturated heterocycles. The molecule has 12 nitrogen and oxygen atoms in total. The second-order valence-electron chi connectivity index (χ2n) is 16.8. The largest absolute Gasteiger partial charge is 1.00 e. The highest BCUT2D eigenvalue weighted by Gasteiger charge is 2.25. The van der Waals surface area contributed by atoms with Crippen molar-refractivity contribution in [1.29, 1.82) is 0 Å². The Morgan fingerprint density at radius 3 is 1.31 bits per heavy atom. The third-order valence-corrected chi connectivity index (χ3v) is 13.4. The zero-order valence-corrected chi connectivity index (χ0v) is 46.0. The Balaban J connectivity index is 0.000000267. The fraction of sp³-hybridized carbons (Fsp3) is 0.276. The summed E-state index contributed by atoms with van der Waals surface area (Å²) in [6.45, 7) is 23.9. The van der Waals surface area contributed by atoms with Gasteiger partial charge in [0, 0.05) is 94.8 Å². The van der Waals surface area contributed by atoms with Crippen LogP contribution < -0.4 is 54.5 Å². The number of thiocarbonyl (C=S) groups is 2. The van der Waals surface area contributed by atoms with Gasteiger partial charge >= 0.3 is 11.9 Å². The number of fused-ring (bicyclic) bond motifs is 4. The fourth-order valence-electron chi connectivity index (χ4n) is 9.55. The van der Waals surface area contributed by atoms with Gasteiger partial charge < -0.3 is 53.7 Å². The number of nitrogens with zero attached hydrogens (tertiary/aromatic N) is 6. The van der Waals surface area contributed by atoms with E-state index in [9.17, 15) is 19.8 Å². The Kier molecular flexibility index (Phi) is 20.5. The molecule has 2 heterocycles. The molecule has 2 aliphatic heterocycles. The zero-order chi connectivity index (χ0) is 51.6. The summed E-state index contributed by atoms with van der Waals surface area (Å²) in [5.74, 6) is -0.646. The van der Waals surface area contributed by atoms with E-state index < -0.39 is 11.9 Å². The van der Waals surface area contributed by atoms with Crippen LogP contribution in [0.5, 0.6) is 0 Å². The molecule has 4 aromatic carbocycles. The molecule has 0 aromatic heterocycles. The molecule has 0 fully saturated rings. The van der Waals surface area contributed by atoms with Crippen LogP contribution in [0.15, 0.2) is 128 Å². The molecule has 4 aromatic rings. The van der Waals surface area contributed by atoms with E-state index >= 15 is 0 Å². The van der Waals surface area contributed by atoms with Crippen molar-refractivity contribution >= 4 is 91.4 Å². The van der Waals surface area contributed by atoms with Crippen molar-refractivity contribution in [3.63, 3.8) is 0 Å². The van der Waals surface area contributed by atoms with Crippen LogP contribution in [-0.2, 0) is 0 Å². The van der Waals surface area contributed by atoms with Crippen molar-refractivity contribution in [2.24, 2.45) is 9.98 Å². The van der Waals surface area contributed by atoms with Gasteiger partial charge in [0.2, 0.25) is 10.7 Å². The molecule has 0 atom stereocenters. The molecule has 2 N–H and O–H groups in total. The quantitative estimate of drug-likeness (QED) is 0.0472. The molecule has 0 radical (unpaired) electrons. The predicted molar refractivity (Wildman–Crippen MR) is 300 cm³/mol. The molecule has 2 aliphatic carbocycles. The van der Waals surface area contributed by atoms with Crippen molar-refractivity contribution in [2.75, 3.05) is 62.2 Å². The van der Waals surface area contributed by atoms with Gasteiger partial charge in [-0.05, 0) is 158 Å². The molecular formula is C58H60Cl2N6O6S2. The van der Waals surface area contributed by atoms with E-state index in [0.717, 1.165) is 107 Å². The van der Waals surface area contributed by atoms with Crippen LogP contribution in [0.4, 0.5) is 22.7 Å². The van der Waals surface area contributed by atoms with Gasteiger partial charge in [-0.2, -0.15) is 9.98 Å². The lowest BCUT2D eigenvalue weighted by molar-refractivity contribution is -0.001000. The molecule has 0 amide bonds. The molecule has 0 spiro atoms. The van der Waals surface area contributed by atoms with Gasteiger partial charge in [-0.3, -0.25) is 0 Å². The van der Waals surface area contributed by atoms with Crippen LogP contribution >= 0.6 is 24.4 Å². The van der Waals surface area contributed by atoms with Crippen molar-refractivity contribution in [3.8, 4) is 44.9 Å². The zero-order valence-electron chi connectivity index (χ0n) is 42.8. The Labute approximate surface area is 454 Å². The summed E-state index contributed by atoms with van der Waals surface area (Å²) in [6.07, 6.45) is 0. The first-order valence-corrected chi connectivity index (χ1v) is 25.3. The maximum atomic E-state index is 12.3. The number of isothiocyanates is 2. The molecule has 74 heavy (non-hydrogen) atoms. The van der Waals surface area contributed by atoms with Gasteiger partial charge in [0.15, 0.2) is 0 Å². The van der Waals surface area contributed by atoms with Crippen LogP contribution in [0, 0.1) is 0 Å². The van der Waals surface area contributed by atoms with Crippen molar-refractivity contribution in [3.05, 3.63) is 131 Å². The van der Waals surface area contributed by atoms with Crippen molar-refractivity contribution < 1.29 is 53.5 Å². The summed E-state index contributed by atoms with van der Waals surface area (Å²) >= 11 is 9.52.